The normalized spacial score (nSPS) is 15.8. The van der Waals surface area contributed by atoms with Gasteiger partial charge < -0.3 is 4.74 Å². The van der Waals surface area contributed by atoms with E-state index in [4.69, 9.17) is 4.74 Å². The third kappa shape index (κ3) is 2.93. The number of alkyl halides is 3. The van der Waals surface area contributed by atoms with Gasteiger partial charge in [0.05, 0.1) is 28.9 Å². The van der Waals surface area contributed by atoms with Crippen molar-refractivity contribution >= 4 is 27.6 Å². The minimum atomic E-state index is -4.38. The van der Waals surface area contributed by atoms with Crippen molar-refractivity contribution in [1.29, 1.82) is 0 Å². The second-order valence-electron chi connectivity index (χ2n) is 4.39. The smallest absolute Gasteiger partial charge is 0.424 e. The van der Waals surface area contributed by atoms with Crippen LogP contribution in [0.4, 0.5) is 18.0 Å². The summed E-state index contributed by atoms with van der Waals surface area (Å²) in [6.45, 7) is 1.01. The molecule has 0 unspecified atom stereocenters. The van der Waals surface area contributed by atoms with Crippen LogP contribution in [0.2, 0.25) is 0 Å². The van der Waals surface area contributed by atoms with Crippen LogP contribution >= 0.6 is 11.3 Å². The highest BCUT2D eigenvalue weighted by atomic mass is 32.1. The van der Waals surface area contributed by atoms with Crippen molar-refractivity contribution in [3.05, 3.63) is 28.8 Å². The Kier molecular flexibility index (Phi) is 3.46. The number of amides is 1. The first kappa shape index (κ1) is 14.1. The fourth-order valence-corrected chi connectivity index (χ4v) is 2.81. The third-order valence-electron chi connectivity index (χ3n) is 2.94. The van der Waals surface area contributed by atoms with E-state index in [1.54, 1.807) is 0 Å². The summed E-state index contributed by atoms with van der Waals surface area (Å²) in [4.78, 5) is 15.4. The fraction of sp³-hybridized carbons (Fsp3) is 0.333. The topological polar surface area (TPSA) is 54.5 Å². The van der Waals surface area contributed by atoms with Gasteiger partial charge in [-0.1, -0.05) is 0 Å². The maximum atomic E-state index is 12.6. The third-order valence-corrected chi connectivity index (χ3v) is 3.98. The van der Waals surface area contributed by atoms with Gasteiger partial charge in [-0.15, -0.1) is 11.3 Å². The molecule has 112 valence electrons. The molecule has 1 amide bonds. The van der Waals surface area contributed by atoms with Crippen LogP contribution in [0.3, 0.4) is 0 Å². The van der Waals surface area contributed by atoms with Crippen LogP contribution in [0.25, 0.3) is 10.2 Å². The first-order valence-corrected chi connectivity index (χ1v) is 6.89. The molecule has 1 saturated heterocycles. The first-order valence-electron chi connectivity index (χ1n) is 6.08. The summed E-state index contributed by atoms with van der Waals surface area (Å²) in [5.41, 5.74) is 2.42. The number of cyclic esters (lactones) is 1. The lowest BCUT2D eigenvalue weighted by atomic mass is 10.2. The first-order chi connectivity index (χ1) is 9.93. The number of rotatable bonds is 3. The van der Waals surface area contributed by atoms with E-state index in [0.717, 1.165) is 12.1 Å². The molecular formula is C12H10F3N3O2S. The summed E-state index contributed by atoms with van der Waals surface area (Å²) >= 11 is 1.28. The van der Waals surface area contributed by atoms with Gasteiger partial charge in [0, 0.05) is 0 Å². The lowest BCUT2D eigenvalue weighted by Gasteiger charge is -2.12. The summed E-state index contributed by atoms with van der Waals surface area (Å²) in [6, 6.07) is 3.47. The van der Waals surface area contributed by atoms with Crippen LogP contribution in [-0.2, 0) is 17.5 Å². The van der Waals surface area contributed by atoms with E-state index in [-0.39, 0.29) is 6.54 Å². The van der Waals surface area contributed by atoms with E-state index in [9.17, 15) is 18.0 Å². The SMILES string of the molecule is O=C1OCCN1NCc1nc2cc(C(F)(F)F)ccc2s1. The van der Waals surface area contributed by atoms with Crippen molar-refractivity contribution in [2.45, 2.75) is 12.7 Å². The van der Waals surface area contributed by atoms with Gasteiger partial charge >= 0.3 is 12.3 Å². The Labute approximate surface area is 121 Å². The average molecular weight is 317 g/mol. The van der Waals surface area contributed by atoms with E-state index in [1.807, 2.05) is 0 Å². The quantitative estimate of drug-likeness (QED) is 0.946. The van der Waals surface area contributed by atoms with E-state index in [1.165, 1.54) is 22.4 Å². The molecule has 5 nitrogen and oxygen atoms in total. The Morgan fingerprint density at radius 3 is 2.90 bits per heavy atom. The molecule has 1 aromatic heterocycles. The van der Waals surface area contributed by atoms with Crippen LogP contribution in [0.1, 0.15) is 10.6 Å². The number of hydrogen-bond acceptors (Lipinski definition) is 5. The highest BCUT2D eigenvalue weighted by Gasteiger charge is 2.30. The van der Waals surface area contributed by atoms with E-state index >= 15 is 0 Å². The number of halogens is 3. The van der Waals surface area contributed by atoms with Gasteiger partial charge in [-0.3, -0.25) is 0 Å². The average Bonchev–Trinajstić information content (AvgIpc) is 2.99. The summed E-state index contributed by atoms with van der Waals surface area (Å²) in [7, 11) is 0. The number of nitrogens with zero attached hydrogens (tertiary/aromatic N) is 2. The highest BCUT2D eigenvalue weighted by molar-refractivity contribution is 7.18. The molecule has 0 bridgehead atoms. The molecule has 2 heterocycles. The number of aromatic nitrogens is 1. The van der Waals surface area contributed by atoms with Crippen LogP contribution in [0.15, 0.2) is 18.2 Å². The number of fused-ring (bicyclic) bond motifs is 1. The van der Waals surface area contributed by atoms with Crippen LogP contribution in [0.5, 0.6) is 0 Å². The minimum Gasteiger partial charge on any atom is -0.447 e. The lowest BCUT2D eigenvalue weighted by Crippen LogP contribution is -2.37. The van der Waals surface area contributed by atoms with Crippen molar-refractivity contribution in [1.82, 2.24) is 15.4 Å². The second-order valence-corrected chi connectivity index (χ2v) is 5.50. The van der Waals surface area contributed by atoms with Crippen molar-refractivity contribution in [3.63, 3.8) is 0 Å². The van der Waals surface area contributed by atoms with Crippen LogP contribution < -0.4 is 5.43 Å². The molecule has 0 aliphatic carbocycles. The summed E-state index contributed by atoms with van der Waals surface area (Å²) < 4.78 is 43.3. The predicted molar refractivity (Wildman–Crippen MR) is 69.5 cm³/mol. The van der Waals surface area contributed by atoms with Gasteiger partial charge in [-0.2, -0.15) is 13.2 Å². The molecule has 21 heavy (non-hydrogen) atoms. The van der Waals surface area contributed by atoms with E-state index in [2.05, 4.69) is 10.4 Å². The Hall–Kier alpha value is -1.87. The molecule has 0 saturated carbocycles. The zero-order valence-corrected chi connectivity index (χ0v) is 11.4. The molecule has 0 spiro atoms. The number of benzene rings is 1. The number of ether oxygens (including phenoxy) is 1. The van der Waals surface area contributed by atoms with Crippen LogP contribution in [0, 0.1) is 0 Å². The maximum absolute atomic E-state index is 12.6. The zero-order valence-electron chi connectivity index (χ0n) is 10.6. The number of carbonyl (C=O) groups excluding carboxylic acids is 1. The predicted octanol–water partition coefficient (Wildman–Crippen LogP) is 2.77. The Bertz CT molecular complexity index is 686. The molecule has 1 aliphatic heterocycles. The molecular weight excluding hydrogens is 307 g/mol. The van der Waals surface area contributed by atoms with Gasteiger partial charge in [-0.05, 0) is 18.2 Å². The standard InChI is InChI=1S/C12H10F3N3O2S/c13-12(14,15)7-1-2-9-8(5-7)17-10(21-9)6-16-18-3-4-20-11(18)19/h1-2,5,16H,3-4,6H2. The molecule has 0 radical (unpaired) electrons. The number of carbonyl (C=O) groups is 1. The van der Waals surface area contributed by atoms with E-state index < -0.39 is 17.8 Å². The molecule has 1 aromatic carbocycles. The van der Waals surface area contributed by atoms with Crippen molar-refractivity contribution in [2.24, 2.45) is 0 Å². The van der Waals surface area contributed by atoms with Gasteiger partial charge in [0.25, 0.3) is 0 Å². The molecule has 1 aliphatic rings. The monoisotopic (exact) mass is 317 g/mol. The number of nitrogens with one attached hydrogen (secondary N) is 1. The summed E-state index contributed by atoms with van der Waals surface area (Å²) in [5, 5.41) is 1.91. The molecule has 3 rings (SSSR count). The Balaban J connectivity index is 1.76. The molecule has 1 fully saturated rings. The van der Waals surface area contributed by atoms with Crippen molar-refractivity contribution in [2.75, 3.05) is 13.2 Å². The summed E-state index contributed by atoms with van der Waals surface area (Å²) in [6.07, 6.45) is -4.84. The second kappa shape index (κ2) is 5.15. The minimum absolute atomic E-state index is 0.260. The zero-order chi connectivity index (χ0) is 15.0. The van der Waals surface area contributed by atoms with Crippen molar-refractivity contribution < 1.29 is 22.7 Å². The van der Waals surface area contributed by atoms with Crippen molar-refractivity contribution in [3.8, 4) is 0 Å². The van der Waals surface area contributed by atoms with E-state index in [0.29, 0.717) is 28.4 Å². The Morgan fingerprint density at radius 1 is 1.43 bits per heavy atom. The highest BCUT2D eigenvalue weighted by Crippen LogP contribution is 2.32. The van der Waals surface area contributed by atoms with Crippen LogP contribution in [-0.4, -0.2) is 29.2 Å². The van der Waals surface area contributed by atoms with Gasteiger partial charge in [0.2, 0.25) is 0 Å². The Morgan fingerprint density at radius 2 is 2.24 bits per heavy atom. The van der Waals surface area contributed by atoms with Gasteiger partial charge in [0.15, 0.2) is 0 Å². The molecule has 2 aromatic rings. The maximum Gasteiger partial charge on any atom is 0.424 e. The summed E-state index contributed by atoms with van der Waals surface area (Å²) in [5.74, 6) is 0. The number of thiazole rings is 1. The number of hydrogen-bond donors (Lipinski definition) is 1. The van der Waals surface area contributed by atoms with Gasteiger partial charge in [-0.25, -0.2) is 20.2 Å². The molecule has 9 heteroatoms. The fourth-order valence-electron chi connectivity index (χ4n) is 1.93. The number of hydrazine groups is 1. The molecule has 1 N–H and O–H groups in total. The lowest BCUT2D eigenvalue weighted by molar-refractivity contribution is -0.137. The largest absolute Gasteiger partial charge is 0.447 e. The van der Waals surface area contributed by atoms with Gasteiger partial charge in [0.1, 0.15) is 11.6 Å². The molecule has 0 atom stereocenters.